The number of benzene rings is 2. The van der Waals surface area contributed by atoms with Gasteiger partial charge in [-0.15, -0.1) is 11.8 Å². The van der Waals surface area contributed by atoms with Gasteiger partial charge in [0.05, 0.1) is 6.54 Å². The Morgan fingerprint density at radius 1 is 1.04 bits per heavy atom. The van der Waals surface area contributed by atoms with Crippen molar-refractivity contribution in [3.05, 3.63) is 93.0 Å². The van der Waals surface area contributed by atoms with Crippen LogP contribution in [0.1, 0.15) is 34.4 Å². The Morgan fingerprint density at radius 2 is 1.81 bits per heavy atom. The van der Waals surface area contributed by atoms with Gasteiger partial charge in [-0.1, -0.05) is 54.6 Å². The van der Waals surface area contributed by atoms with Gasteiger partial charge in [0.15, 0.2) is 0 Å². The van der Waals surface area contributed by atoms with Crippen molar-refractivity contribution in [1.82, 2.24) is 9.55 Å². The molecule has 0 spiro atoms. The number of aryl methyl sites for hydroxylation is 1. The molecule has 26 heavy (non-hydrogen) atoms. The van der Waals surface area contributed by atoms with Crippen LogP contribution < -0.4 is 5.69 Å². The summed E-state index contributed by atoms with van der Waals surface area (Å²) in [5, 5.41) is 0.926. The summed E-state index contributed by atoms with van der Waals surface area (Å²) in [4.78, 5) is 17.2. The van der Waals surface area contributed by atoms with Gasteiger partial charge in [-0.2, -0.15) is 4.98 Å². The first-order valence-corrected chi connectivity index (χ1v) is 10.0. The van der Waals surface area contributed by atoms with Crippen molar-refractivity contribution in [3.63, 3.8) is 0 Å². The van der Waals surface area contributed by atoms with Gasteiger partial charge in [0.25, 0.3) is 0 Å². The highest BCUT2D eigenvalue weighted by Gasteiger charge is 2.22. The second-order valence-corrected chi connectivity index (χ2v) is 7.73. The molecule has 1 heterocycles. The third-order valence-electron chi connectivity index (χ3n) is 5.01. The molecule has 0 unspecified atom stereocenters. The van der Waals surface area contributed by atoms with Crippen LogP contribution in [-0.2, 0) is 25.1 Å². The zero-order valence-electron chi connectivity index (χ0n) is 14.9. The van der Waals surface area contributed by atoms with Crippen molar-refractivity contribution in [2.24, 2.45) is 0 Å². The number of rotatable bonds is 5. The van der Waals surface area contributed by atoms with E-state index >= 15 is 0 Å². The minimum atomic E-state index is -0.123. The minimum Gasteiger partial charge on any atom is -0.292 e. The van der Waals surface area contributed by atoms with Crippen molar-refractivity contribution in [2.75, 3.05) is 0 Å². The molecule has 1 aliphatic rings. The number of hydrogen-bond acceptors (Lipinski definition) is 3. The topological polar surface area (TPSA) is 34.9 Å². The predicted molar refractivity (Wildman–Crippen MR) is 107 cm³/mol. The summed E-state index contributed by atoms with van der Waals surface area (Å²) < 4.78 is 1.87. The first kappa shape index (κ1) is 17.1. The van der Waals surface area contributed by atoms with Crippen molar-refractivity contribution < 1.29 is 0 Å². The molecule has 0 aliphatic heterocycles. The van der Waals surface area contributed by atoms with Gasteiger partial charge < -0.3 is 0 Å². The molecule has 0 fully saturated rings. The maximum Gasteiger partial charge on any atom is 0.349 e. The molecule has 0 bridgehead atoms. The largest absolute Gasteiger partial charge is 0.349 e. The zero-order chi connectivity index (χ0) is 17.9. The van der Waals surface area contributed by atoms with Gasteiger partial charge in [0, 0.05) is 17.0 Å². The molecule has 3 nitrogen and oxygen atoms in total. The molecule has 4 heteroatoms. The molecule has 0 amide bonds. The quantitative estimate of drug-likeness (QED) is 0.499. The molecule has 0 radical (unpaired) electrons. The summed E-state index contributed by atoms with van der Waals surface area (Å²) in [5.41, 5.74) is 6.07. The van der Waals surface area contributed by atoms with E-state index < -0.39 is 0 Å². The SMILES string of the molecule is Cc1ccccc1CSc1nc(=O)n(Cc2ccccc2)c2c1CCC2. The average molecular weight is 362 g/mol. The number of nitrogens with zero attached hydrogens (tertiary/aromatic N) is 2. The highest BCUT2D eigenvalue weighted by molar-refractivity contribution is 7.98. The number of aromatic nitrogens is 2. The molecule has 4 rings (SSSR count). The van der Waals surface area contributed by atoms with E-state index in [1.165, 1.54) is 22.4 Å². The smallest absolute Gasteiger partial charge is 0.292 e. The Balaban J connectivity index is 1.64. The molecule has 132 valence electrons. The van der Waals surface area contributed by atoms with Crippen LogP contribution in [0.15, 0.2) is 64.4 Å². The van der Waals surface area contributed by atoms with Crippen LogP contribution in [0.2, 0.25) is 0 Å². The average Bonchev–Trinajstić information content (AvgIpc) is 3.14. The monoisotopic (exact) mass is 362 g/mol. The second kappa shape index (κ2) is 7.50. The van der Waals surface area contributed by atoms with Crippen molar-refractivity contribution in [3.8, 4) is 0 Å². The second-order valence-electron chi connectivity index (χ2n) is 6.77. The fourth-order valence-electron chi connectivity index (χ4n) is 3.55. The lowest BCUT2D eigenvalue weighted by atomic mass is 10.1. The van der Waals surface area contributed by atoms with E-state index in [-0.39, 0.29) is 5.69 Å². The van der Waals surface area contributed by atoms with Crippen LogP contribution >= 0.6 is 11.8 Å². The van der Waals surface area contributed by atoms with Crippen LogP contribution in [0.4, 0.5) is 0 Å². The Morgan fingerprint density at radius 3 is 2.62 bits per heavy atom. The lowest BCUT2D eigenvalue weighted by Gasteiger charge is -2.14. The van der Waals surface area contributed by atoms with E-state index in [0.717, 1.165) is 35.6 Å². The summed E-state index contributed by atoms with van der Waals surface area (Å²) in [5.74, 6) is 0.855. The maximum absolute atomic E-state index is 12.7. The van der Waals surface area contributed by atoms with Gasteiger partial charge in [-0.05, 0) is 42.9 Å². The number of thioether (sulfide) groups is 1. The summed E-state index contributed by atoms with van der Waals surface area (Å²) in [6.07, 6.45) is 3.10. The van der Waals surface area contributed by atoms with E-state index in [4.69, 9.17) is 0 Å². The fourth-order valence-corrected chi connectivity index (χ4v) is 4.71. The first-order valence-electron chi connectivity index (χ1n) is 9.06. The molecular formula is C22H22N2OS. The Hall–Kier alpha value is -2.33. The van der Waals surface area contributed by atoms with E-state index in [9.17, 15) is 4.79 Å². The molecule has 0 saturated heterocycles. The third kappa shape index (κ3) is 3.47. The summed E-state index contributed by atoms with van der Waals surface area (Å²) in [6.45, 7) is 2.74. The van der Waals surface area contributed by atoms with Crippen LogP contribution in [0.25, 0.3) is 0 Å². The number of fused-ring (bicyclic) bond motifs is 1. The van der Waals surface area contributed by atoms with E-state index in [2.05, 4.69) is 48.3 Å². The van der Waals surface area contributed by atoms with E-state index in [0.29, 0.717) is 6.54 Å². The number of hydrogen-bond donors (Lipinski definition) is 0. The summed E-state index contributed by atoms with van der Waals surface area (Å²) in [7, 11) is 0. The lowest BCUT2D eigenvalue weighted by Crippen LogP contribution is -2.27. The minimum absolute atomic E-state index is 0.123. The van der Waals surface area contributed by atoms with Crippen LogP contribution in [0, 0.1) is 6.92 Å². The maximum atomic E-state index is 12.7. The van der Waals surface area contributed by atoms with Gasteiger partial charge in [-0.3, -0.25) is 4.57 Å². The predicted octanol–water partition coefficient (Wildman–Crippen LogP) is 4.38. The summed E-state index contributed by atoms with van der Waals surface area (Å²) >= 11 is 1.70. The van der Waals surface area contributed by atoms with Crippen molar-refractivity contribution >= 4 is 11.8 Å². The van der Waals surface area contributed by atoms with Crippen molar-refractivity contribution in [1.29, 1.82) is 0 Å². The molecule has 0 atom stereocenters. The van der Waals surface area contributed by atoms with Gasteiger partial charge in [-0.25, -0.2) is 4.79 Å². The standard InChI is InChI=1S/C22H22N2OS/c1-16-8-5-6-11-18(16)15-26-21-19-12-7-13-20(19)24(22(25)23-21)14-17-9-3-2-4-10-17/h2-6,8-11H,7,12-15H2,1H3. The molecule has 1 aliphatic carbocycles. The zero-order valence-corrected chi connectivity index (χ0v) is 15.8. The van der Waals surface area contributed by atoms with Crippen LogP contribution in [-0.4, -0.2) is 9.55 Å². The van der Waals surface area contributed by atoms with E-state index in [1.807, 2.05) is 22.8 Å². The summed E-state index contributed by atoms with van der Waals surface area (Å²) in [6, 6.07) is 18.6. The molecule has 2 aromatic carbocycles. The molecule has 3 aromatic rings. The van der Waals surface area contributed by atoms with Gasteiger partial charge >= 0.3 is 5.69 Å². The first-order chi connectivity index (χ1) is 12.7. The Kier molecular flexibility index (Phi) is 4.93. The normalized spacial score (nSPS) is 13.0. The fraction of sp³-hybridized carbons (Fsp3) is 0.273. The molecule has 0 saturated carbocycles. The Labute approximate surface area is 158 Å². The highest BCUT2D eigenvalue weighted by atomic mass is 32.2. The molecule has 1 aromatic heterocycles. The van der Waals surface area contributed by atoms with E-state index in [1.54, 1.807) is 11.8 Å². The lowest BCUT2D eigenvalue weighted by molar-refractivity contribution is 0.667. The van der Waals surface area contributed by atoms with Crippen LogP contribution in [0.5, 0.6) is 0 Å². The molecular weight excluding hydrogens is 340 g/mol. The van der Waals surface area contributed by atoms with Gasteiger partial charge in [0.2, 0.25) is 0 Å². The highest BCUT2D eigenvalue weighted by Crippen LogP contribution is 2.31. The van der Waals surface area contributed by atoms with Crippen LogP contribution in [0.3, 0.4) is 0 Å². The third-order valence-corrected chi connectivity index (χ3v) is 6.08. The van der Waals surface area contributed by atoms with Crippen molar-refractivity contribution in [2.45, 2.75) is 43.5 Å². The molecule has 0 N–H and O–H groups in total. The van der Waals surface area contributed by atoms with Gasteiger partial charge in [0.1, 0.15) is 5.03 Å². The Bertz CT molecular complexity index is 979.